The van der Waals surface area contributed by atoms with Gasteiger partial charge in [-0.2, -0.15) is 0 Å². The highest BCUT2D eigenvalue weighted by molar-refractivity contribution is 6.30. The van der Waals surface area contributed by atoms with Crippen LogP contribution < -0.4 is 5.73 Å². The third-order valence-electron chi connectivity index (χ3n) is 3.73. The molecule has 2 nitrogen and oxygen atoms in total. The number of halogens is 1. The summed E-state index contributed by atoms with van der Waals surface area (Å²) in [7, 11) is 2.14. The van der Waals surface area contributed by atoms with Crippen molar-refractivity contribution in [1.29, 1.82) is 0 Å². The summed E-state index contributed by atoms with van der Waals surface area (Å²) in [6.07, 6.45) is 1.02. The molecular formula is C17H21ClN2. The van der Waals surface area contributed by atoms with E-state index in [1.54, 1.807) is 0 Å². The van der Waals surface area contributed by atoms with E-state index in [2.05, 4.69) is 37.1 Å². The minimum atomic E-state index is 0.350. The van der Waals surface area contributed by atoms with Crippen LogP contribution in [0.3, 0.4) is 0 Å². The molecule has 1 atom stereocenters. The summed E-state index contributed by atoms with van der Waals surface area (Å²) in [5.74, 6) is 0. The van der Waals surface area contributed by atoms with Crippen LogP contribution in [0.2, 0.25) is 5.02 Å². The molecule has 0 spiro atoms. The van der Waals surface area contributed by atoms with Gasteiger partial charge in [-0.25, -0.2) is 0 Å². The first-order valence-corrected chi connectivity index (χ1v) is 7.24. The lowest BCUT2D eigenvalue weighted by atomic mass is 10.1. The van der Waals surface area contributed by atoms with E-state index < -0.39 is 0 Å². The standard InChI is InChI=1S/C17H21ClN2/c1-13(15-4-3-5-16(18)12-15)20(2)11-10-14-6-8-17(19)9-7-14/h3-9,12-13H,10-11,19H2,1-2H3. The second-order valence-electron chi connectivity index (χ2n) is 5.20. The predicted molar refractivity (Wildman–Crippen MR) is 87.1 cm³/mol. The van der Waals surface area contributed by atoms with Crippen molar-refractivity contribution in [1.82, 2.24) is 4.90 Å². The number of likely N-dealkylation sites (N-methyl/N-ethyl adjacent to an activating group) is 1. The zero-order valence-corrected chi connectivity index (χ0v) is 12.8. The van der Waals surface area contributed by atoms with Crippen molar-refractivity contribution >= 4 is 17.3 Å². The number of nitrogens with two attached hydrogens (primary N) is 1. The van der Waals surface area contributed by atoms with Crippen LogP contribution >= 0.6 is 11.6 Å². The van der Waals surface area contributed by atoms with Crippen LogP contribution in [0.4, 0.5) is 5.69 Å². The normalized spacial score (nSPS) is 12.6. The molecule has 0 heterocycles. The highest BCUT2D eigenvalue weighted by atomic mass is 35.5. The Hall–Kier alpha value is -1.51. The van der Waals surface area contributed by atoms with Gasteiger partial charge in [0.25, 0.3) is 0 Å². The van der Waals surface area contributed by atoms with Crippen molar-refractivity contribution in [2.24, 2.45) is 0 Å². The third-order valence-corrected chi connectivity index (χ3v) is 3.96. The van der Waals surface area contributed by atoms with Gasteiger partial charge in [0, 0.05) is 23.3 Å². The van der Waals surface area contributed by atoms with E-state index >= 15 is 0 Å². The van der Waals surface area contributed by atoms with Crippen LogP contribution in [0.5, 0.6) is 0 Å². The first-order valence-electron chi connectivity index (χ1n) is 6.86. The topological polar surface area (TPSA) is 29.3 Å². The molecule has 0 saturated carbocycles. The first kappa shape index (κ1) is 14.9. The van der Waals surface area contributed by atoms with Gasteiger partial charge in [0.1, 0.15) is 0 Å². The largest absolute Gasteiger partial charge is 0.399 e. The minimum Gasteiger partial charge on any atom is -0.399 e. The fourth-order valence-electron chi connectivity index (χ4n) is 2.20. The van der Waals surface area contributed by atoms with Gasteiger partial charge < -0.3 is 5.73 Å². The summed E-state index contributed by atoms with van der Waals surface area (Å²) in [6.45, 7) is 3.20. The third kappa shape index (κ3) is 3.99. The molecule has 3 heteroatoms. The maximum Gasteiger partial charge on any atom is 0.0409 e. The quantitative estimate of drug-likeness (QED) is 0.837. The summed E-state index contributed by atoms with van der Waals surface area (Å²) in [5.41, 5.74) is 9.07. The van der Waals surface area contributed by atoms with Crippen molar-refractivity contribution in [2.75, 3.05) is 19.3 Å². The van der Waals surface area contributed by atoms with Crippen LogP contribution in [0, 0.1) is 0 Å². The highest BCUT2D eigenvalue weighted by Crippen LogP contribution is 2.22. The molecule has 1 unspecified atom stereocenters. The van der Waals surface area contributed by atoms with E-state index in [1.165, 1.54) is 11.1 Å². The number of nitrogens with zero attached hydrogens (tertiary/aromatic N) is 1. The molecule has 0 aliphatic heterocycles. The van der Waals surface area contributed by atoms with E-state index in [0.29, 0.717) is 6.04 Å². The second kappa shape index (κ2) is 6.78. The van der Waals surface area contributed by atoms with Crippen LogP contribution in [0.15, 0.2) is 48.5 Å². The molecule has 0 bridgehead atoms. The second-order valence-corrected chi connectivity index (χ2v) is 5.64. The molecule has 2 N–H and O–H groups in total. The Morgan fingerprint density at radius 1 is 1.15 bits per heavy atom. The van der Waals surface area contributed by atoms with Gasteiger partial charge in [-0.3, -0.25) is 4.90 Å². The van der Waals surface area contributed by atoms with Crippen molar-refractivity contribution < 1.29 is 0 Å². The van der Waals surface area contributed by atoms with E-state index in [4.69, 9.17) is 17.3 Å². The Kier molecular flexibility index (Phi) is 5.05. The van der Waals surface area contributed by atoms with Crippen molar-refractivity contribution in [3.05, 3.63) is 64.7 Å². The summed E-state index contributed by atoms with van der Waals surface area (Å²) in [6, 6.07) is 16.5. The molecule has 0 fully saturated rings. The average Bonchev–Trinajstić information content (AvgIpc) is 2.45. The number of benzene rings is 2. The van der Waals surface area contributed by atoms with Gasteiger partial charge in [-0.05, 0) is 55.8 Å². The summed E-state index contributed by atoms with van der Waals surface area (Å²) in [4.78, 5) is 2.34. The maximum atomic E-state index is 6.05. The molecule has 2 aromatic rings. The molecule has 0 aliphatic carbocycles. The van der Waals surface area contributed by atoms with Crippen LogP contribution in [-0.4, -0.2) is 18.5 Å². The molecule has 0 radical (unpaired) electrons. The molecular weight excluding hydrogens is 268 g/mol. The zero-order valence-electron chi connectivity index (χ0n) is 12.0. The smallest absolute Gasteiger partial charge is 0.0409 e. The number of rotatable bonds is 5. The van der Waals surface area contributed by atoms with Gasteiger partial charge in [0.05, 0.1) is 0 Å². The van der Waals surface area contributed by atoms with Gasteiger partial charge in [-0.15, -0.1) is 0 Å². The zero-order chi connectivity index (χ0) is 14.5. The average molecular weight is 289 g/mol. The number of hydrogen-bond donors (Lipinski definition) is 1. The Morgan fingerprint density at radius 3 is 2.50 bits per heavy atom. The Bertz CT molecular complexity index is 551. The lowest BCUT2D eigenvalue weighted by Gasteiger charge is -2.25. The molecule has 2 aromatic carbocycles. The lowest BCUT2D eigenvalue weighted by Crippen LogP contribution is -2.24. The minimum absolute atomic E-state index is 0.350. The summed E-state index contributed by atoms with van der Waals surface area (Å²) in [5, 5.41) is 0.793. The highest BCUT2D eigenvalue weighted by Gasteiger charge is 2.11. The van der Waals surface area contributed by atoms with Gasteiger partial charge in [0.2, 0.25) is 0 Å². The van der Waals surface area contributed by atoms with Crippen molar-refractivity contribution in [2.45, 2.75) is 19.4 Å². The lowest BCUT2D eigenvalue weighted by molar-refractivity contribution is 0.265. The summed E-state index contributed by atoms with van der Waals surface area (Å²) < 4.78 is 0. The maximum absolute atomic E-state index is 6.05. The van der Waals surface area contributed by atoms with Crippen LogP contribution in [0.25, 0.3) is 0 Å². The van der Waals surface area contributed by atoms with E-state index in [0.717, 1.165) is 23.7 Å². The number of anilines is 1. The van der Waals surface area contributed by atoms with Gasteiger partial charge in [0.15, 0.2) is 0 Å². The Labute approximate surface area is 126 Å². The molecule has 0 aromatic heterocycles. The fraction of sp³-hybridized carbons (Fsp3) is 0.294. The molecule has 0 amide bonds. The first-order chi connectivity index (χ1) is 9.56. The monoisotopic (exact) mass is 288 g/mol. The van der Waals surface area contributed by atoms with Crippen molar-refractivity contribution in [3.63, 3.8) is 0 Å². The van der Waals surface area contributed by atoms with Crippen LogP contribution in [-0.2, 0) is 6.42 Å². The number of hydrogen-bond acceptors (Lipinski definition) is 2. The molecule has 20 heavy (non-hydrogen) atoms. The van der Waals surface area contributed by atoms with E-state index in [9.17, 15) is 0 Å². The van der Waals surface area contributed by atoms with Crippen molar-refractivity contribution in [3.8, 4) is 0 Å². The summed E-state index contributed by atoms with van der Waals surface area (Å²) >= 11 is 6.05. The number of nitrogen functional groups attached to an aromatic ring is 1. The SMILES string of the molecule is CC(c1cccc(Cl)c1)N(C)CCc1ccc(N)cc1. The molecule has 0 saturated heterocycles. The Morgan fingerprint density at radius 2 is 1.85 bits per heavy atom. The van der Waals surface area contributed by atoms with E-state index in [-0.39, 0.29) is 0 Å². The fourth-order valence-corrected chi connectivity index (χ4v) is 2.40. The molecule has 0 aliphatic rings. The van der Waals surface area contributed by atoms with Gasteiger partial charge in [-0.1, -0.05) is 35.9 Å². The van der Waals surface area contributed by atoms with Gasteiger partial charge >= 0.3 is 0 Å². The predicted octanol–water partition coefficient (Wildman–Crippen LogP) is 4.16. The molecule has 106 valence electrons. The molecule has 2 rings (SSSR count). The van der Waals surface area contributed by atoms with E-state index in [1.807, 2.05) is 30.3 Å². The Balaban J connectivity index is 1.94. The van der Waals surface area contributed by atoms with Crippen LogP contribution in [0.1, 0.15) is 24.1 Å².